The minimum Gasteiger partial charge on any atom is -0.476 e. The summed E-state index contributed by atoms with van der Waals surface area (Å²) >= 11 is 0. The zero-order chi connectivity index (χ0) is 14.0. The minimum absolute atomic E-state index is 0.00287. The SMILES string of the molecule is CCc1cn(Cc2cc(C(=O)O)no2)c(=O)[nH]c1=O. The van der Waals surface area contributed by atoms with Crippen LogP contribution in [0.1, 0.15) is 28.7 Å². The Morgan fingerprint density at radius 1 is 1.53 bits per heavy atom. The molecule has 0 aliphatic heterocycles. The number of hydrogen-bond donors (Lipinski definition) is 2. The van der Waals surface area contributed by atoms with E-state index < -0.39 is 17.2 Å². The normalized spacial score (nSPS) is 10.6. The van der Waals surface area contributed by atoms with Crippen LogP contribution in [-0.4, -0.2) is 25.8 Å². The highest BCUT2D eigenvalue weighted by Crippen LogP contribution is 2.05. The molecular formula is C11H11N3O5. The van der Waals surface area contributed by atoms with Crippen LogP contribution in [-0.2, 0) is 13.0 Å². The van der Waals surface area contributed by atoms with Gasteiger partial charge in [0.05, 0.1) is 6.54 Å². The summed E-state index contributed by atoms with van der Waals surface area (Å²) in [6.07, 6.45) is 1.90. The Labute approximate surface area is 106 Å². The predicted octanol–water partition coefficient (Wildman–Crippen LogP) is -0.166. The maximum Gasteiger partial charge on any atom is 0.358 e. The van der Waals surface area contributed by atoms with Crippen molar-refractivity contribution in [2.75, 3.05) is 0 Å². The molecular weight excluding hydrogens is 254 g/mol. The van der Waals surface area contributed by atoms with E-state index in [0.717, 1.165) is 0 Å². The fraction of sp³-hybridized carbons (Fsp3) is 0.273. The summed E-state index contributed by atoms with van der Waals surface area (Å²) in [5, 5.41) is 12.0. The van der Waals surface area contributed by atoms with Crippen LogP contribution in [0.3, 0.4) is 0 Å². The van der Waals surface area contributed by atoms with Crippen molar-refractivity contribution in [3.05, 3.63) is 50.1 Å². The van der Waals surface area contributed by atoms with E-state index in [1.807, 2.05) is 0 Å². The topological polar surface area (TPSA) is 118 Å². The van der Waals surface area contributed by atoms with Gasteiger partial charge in [-0.25, -0.2) is 9.59 Å². The van der Waals surface area contributed by atoms with Crippen LogP contribution in [0.2, 0.25) is 0 Å². The summed E-state index contributed by atoms with van der Waals surface area (Å²) in [4.78, 5) is 35.8. The molecule has 2 aromatic heterocycles. The molecule has 0 atom stereocenters. The van der Waals surface area contributed by atoms with E-state index in [9.17, 15) is 14.4 Å². The highest BCUT2D eigenvalue weighted by molar-refractivity contribution is 5.85. The fourth-order valence-electron chi connectivity index (χ4n) is 1.58. The molecule has 0 amide bonds. The van der Waals surface area contributed by atoms with Gasteiger partial charge in [-0.1, -0.05) is 12.1 Å². The lowest BCUT2D eigenvalue weighted by Gasteiger charge is -2.03. The van der Waals surface area contributed by atoms with Crippen LogP contribution in [0.15, 0.2) is 26.4 Å². The molecule has 0 bridgehead atoms. The number of aromatic nitrogens is 3. The van der Waals surface area contributed by atoms with Crippen molar-refractivity contribution in [1.82, 2.24) is 14.7 Å². The molecule has 100 valence electrons. The number of nitrogens with zero attached hydrogens (tertiary/aromatic N) is 2. The van der Waals surface area contributed by atoms with Gasteiger partial charge in [0, 0.05) is 17.8 Å². The first-order valence-corrected chi connectivity index (χ1v) is 5.52. The van der Waals surface area contributed by atoms with Crippen LogP contribution in [0.5, 0.6) is 0 Å². The maximum atomic E-state index is 11.6. The molecule has 8 nitrogen and oxygen atoms in total. The highest BCUT2D eigenvalue weighted by atomic mass is 16.5. The third kappa shape index (κ3) is 2.62. The number of aryl methyl sites for hydroxylation is 1. The van der Waals surface area contributed by atoms with Gasteiger partial charge in [0.1, 0.15) is 0 Å². The van der Waals surface area contributed by atoms with Gasteiger partial charge in [0.15, 0.2) is 11.5 Å². The van der Waals surface area contributed by atoms with Crippen molar-refractivity contribution < 1.29 is 14.4 Å². The Morgan fingerprint density at radius 3 is 2.84 bits per heavy atom. The van der Waals surface area contributed by atoms with Gasteiger partial charge in [-0.3, -0.25) is 14.3 Å². The largest absolute Gasteiger partial charge is 0.476 e. The van der Waals surface area contributed by atoms with E-state index in [4.69, 9.17) is 9.63 Å². The van der Waals surface area contributed by atoms with Crippen LogP contribution in [0.4, 0.5) is 0 Å². The summed E-state index contributed by atoms with van der Waals surface area (Å²) in [7, 11) is 0. The number of carbonyl (C=O) groups is 1. The summed E-state index contributed by atoms with van der Waals surface area (Å²) in [6, 6.07) is 1.23. The second-order valence-corrected chi connectivity index (χ2v) is 3.88. The lowest BCUT2D eigenvalue weighted by molar-refractivity contribution is 0.0685. The Hall–Kier alpha value is -2.64. The molecule has 2 N–H and O–H groups in total. The molecule has 0 saturated carbocycles. The summed E-state index contributed by atoms with van der Waals surface area (Å²) in [5.74, 6) is -0.994. The van der Waals surface area contributed by atoms with E-state index in [1.165, 1.54) is 16.8 Å². The molecule has 2 heterocycles. The Bertz CT molecular complexity index is 724. The highest BCUT2D eigenvalue weighted by Gasteiger charge is 2.12. The van der Waals surface area contributed by atoms with Gasteiger partial charge >= 0.3 is 11.7 Å². The first kappa shape index (κ1) is 12.8. The van der Waals surface area contributed by atoms with Crippen LogP contribution in [0, 0.1) is 0 Å². The number of hydrogen-bond acceptors (Lipinski definition) is 5. The van der Waals surface area contributed by atoms with Gasteiger partial charge in [-0.2, -0.15) is 0 Å². The number of rotatable bonds is 4. The number of nitrogens with one attached hydrogen (secondary N) is 1. The molecule has 0 saturated heterocycles. The number of aromatic amines is 1. The zero-order valence-corrected chi connectivity index (χ0v) is 10.0. The third-order valence-electron chi connectivity index (χ3n) is 2.57. The van der Waals surface area contributed by atoms with Crippen molar-refractivity contribution in [3.8, 4) is 0 Å². The predicted molar refractivity (Wildman–Crippen MR) is 63.3 cm³/mol. The van der Waals surface area contributed by atoms with Gasteiger partial charge in [-0.05, 0) is 6.42 Å². The summed E-state index contributed by atoms with van der Waals surface area (Å²) in [6.45, 7) is 1.79. The molecule has 0 spiro atoms. The van der Waals surface area contributed by atoms with E-state index in [1.54, 1.807) is 6.92 Å². The van der Waals surface area contributed by atoms with Crippen molar-refractivity contribution in [1.29, 1.82) is 0 Å². The monoisotopic (exact) mass is 265 g/mol. The number of H-pyrrole nitrogens is 1. The Kier molecular flexibility index (Phi) is 3.32. The minimum atomic E-state index is -1.21. The molecule has 0 aliphatic carbocycles. The molecule has 0 aliphatic rings. The zero-order valence-electron chi connectivity index (χ0n) is 10.0. The molecule has 0 fully saturated rings. The smallest absolute Gasteiger partial charge is 0.358 e. The summed E-state index contributed by atoms with van der Waals surface area (Å²) < 4.78 is 6.03. The average Bonchev–Trinajstić information content (AvgIpc) is 2.81. The first-order valence-electron chi connectivity index (χ1n) is 5.52. The molecule has 19 heavy (non-hydrogen) atoms. The quantitative estimate of drug-likeness (QED) is 0.792. The van der Waals surface area contributed by atoms with Gasteiger partial charge in [-0.15, -0.1) is 0 Å². The lowest BCUT2D eigenvalue weighted by atomic mass is 10.2. The third-order valence-corrected chi connectivity index (χ3v) is 2.57. The van der Waals surface area contributed by atoms with Gasteiger partial charge in [0.2, 0.25) is 0 Å². The van der Waals surface area contributed by atoms with E-state index in [-0.39, 0.29) is 18.0 Å². The van der Waals surface area contributed by atoms with E-state index in [2.05, 4.69) is 10.1 Å². The van der Waals surface area contributed by atoms with Crippen molar-refractivity contribution in [2.45, 2.75) is 19.9 Å². The van der Waals surface area contributed by atoms with E-state index >= 15 is 0 Å². The van der Waals surface area contributed by atoms with E-state index in [0.29, 0.717) is 12.0 Å². The number of aromatic carboxylic acids is 1. The van der Waals surface area contributed by atoms with Gasteiger partial charge in [0.25, 0.3) is 5.56 Å². The molecule has 2 aromatic rings. The van der Waals surface area contributed by atoms with Crippen molar-refractivity contribution in [2.24, 2.45) is 0 Å². The van der Waals surface area contributed by atoms with Crippen molar-refractivity contribution >= 4 is 5.97 Å². The van der Waals surface area contributed by atoms with Crippen LogP contribution < -0.4 is 11.2 Å². The molecule has 0 radical (unpaired) electrons. The molecule has 2 rings (SSSR count). The maximum absolute atomic E-state index is 11.6. The number of carboxylic acid groups (broad SMARTS) is 1. The van der Waals surface area contributed by atoms with Crippen LogP contribution >= 0.6 is 0 Å². The fourth-order valence-corrected chi connectivity index (χ4v) is 1.58. The molecule has 8 heteroatoms. The van der Waals surface area contributed by atoms with Crippen LogP contribution in [0.25, 0.3) is 0 Å². The molecule has 0 unspecified atom stereocenters. The Balaban J connectivity index is 2.35. The standard InChI is InChI=1S/C11H11N3O5/c1-2-6-4-14(11(18)12-9(6)15)5-7-3-8(10(16)17)13-19-7/h3-4H,2,5H2,1H3,(H,16,17)(H,12,15,18). The molecule has 0 aromatic carbocycles. The summed E-state index contributed by atoms with van der Waals surface area (Å²) in [5.41, 5.74) is -0.788. The Morgan fingerprint density at radius 2 is 2.26 bits per heavy atom. The average molecular weight is 265 g/mol. The first-order chi connectivity index (χ1) is 9.01. The lowest BCUT2D eigenvalue weighted by Crippen LogP contribution is -2.31. The number of carboxylic acids is 1. The second-order valence-electron chi connectivity index (χ2n) is 3.88. The van der Waals surface area contributed by atoms with Crippen molar-refractivity contribution in [3.63, 3.8) is 0 Å². The second kappa shape index (κ2) is 4.92. The van der Waals surface area contributed by atoms with Gasteiger partial charge < -0.3 is 9.63 Å².